The third-order valence-corrected chi connectivity index (χ3v) is 4.19. The van der Waals surface area contributed by atoms with Crippen LogP contribution in [0.2, 0.25) is 0 Å². The summed E-state index contributed by atoms with van der Waals surface area (Å²) in [5, 5.41) is 0. The van der Waals surface area contributed by atoms with E-state index in [1.165, 1.54) is 0 Å². The van der Waals surface area contributed by atoms with E-state index < -0.39 is 23.5 Å². The molecule has 1 aromatic rings. The summed E-state index contributed by atoms with van der Waals surface area (Å²) in [7, 11) is 0. The summed E-state index contributed by atoms with van der Waals surface area (Å²) in [5.41, 5.74) is 5.95. The molecule has 7 heteroatoms. The summed E-state index contributed by atoms with van der Waals surface area (Å²) < 4.78 is 39.0. The lowest BCUT2D eigenvalue weighted by Gasteiger charge is -2.29. The molecule has 1 saturated heterocycles. The van der Waals surface area contributed by atoms with Gasteiger partial charge in [0.05, 0.1) is 6.61 Å². The molecular weight excluding hydrogens is 318 g/mol. The summed E-state index contributed by atoms with van der Waals surface area (Å²) in [5.74, 6) is -2.32. The van der Waals surface area contributed by atoms with Crippen LogP contribution in [0.1, 0.15) is 25.8 Å². The first kappa shape index (κ1) is 16.9. The summed E-state index contributed by atoms with van der Waals surface area (Å²) in [6, 6.07) is 2.20. The Morgan fingerprint density at radius 3 is 2.50 bits per heavy atom. The molecule has 1 fully saturated rings. The van der Waals surface area contributed by atoms with Gasteiger partial charge in [0.2, 0.25) is 0 Å². The molecule has 1 unspecified atom stereocenters. The van der Waals surface area contributed by atoms with E-state index in [1.54, 1.807) is 24.8 Å². The van der Waals surface area contributed by atoms with Gasteiger partial charge in [0.15, 0.2) is 11.9 Å². The van der Waals surface area contributed by atoms with Gasteiger partial charge >= 0.3 is 0 Å². The number of ether oxygens (including phenoxy) is 2. The van der Waals surface area contributed by atoms with Gasteiger partial charge in [0.1, 0.15) is 11.6 Å². The van der Waals surface area contributed by atoms with Crippen LogP contribution in [0.15, 0.2) is 18.2 Å². The van der Waals surface area contributed by atoms with Crippen molar-refractivity contribution in [2.45, 2.75) is 32.2 Å². The van der Waals surface area contributed by atoms with Crippen LogP contribution in [0.25, 0.3) is 5.57 Å². The van der Waals surface area contributed by atoms with E-state index in [9.17, 15) is 13.6 Å². The quantitative estimate of drug-likeness (QED) is 0.841. The number of carbonyl (C=O) groups excluding carboxylic acids is 1. The maximum Gasteiger partial charge on any atom is 0.254 e. The van der Waals surface area contributed by atoms with Crippen molar-refractivity contribution in [3.8, 4) is 0 Å². The van der Waals surface area contributed by atoms with Gasteiger partial charge in [-0.2, -0.15) is 0 Å². The first-order valence-electron chi connectivity index (χ1n) is 7.81. The Bertz CT molecular complexity index is 680. The third kappa shape index (κ3) is 3.27. The van der Waals surface area contributed by atoms with Crippen LogP contribution < -0.4 is 5.73 Å². The number of rotatable bonds is 2. The van der Waals surface area contributed by atoms with Crippen LogP contribution in [0.5, 0.6) is 0 Å². The second-order valence-corrected chi connectivity index (χ2v) is 6.44. The van der Waals surface area contributed by atoms with Gasteiger partial charge in [-0.15, -0.1) is 0 Å². The first-order valence-corrected chi connectivity index (χ1v) is 7.81. The van der Waals surface area contributed by atoms with Crippen LogP contribution in [0.3, 0.4) is 0 Å². The average Bonchev–Trinajstić information content (AvgIpc) is 2.86. The number of carbonyl (C=O) groups is 1. The van der Waals surface area contributed by atoms with Crippen molar-refractivity contribution < 1.29 is 23.0 Å². The Balaban J connectivity index is 1.72. The second-order valence-electron chi connectivity index (χ2n) is 6.44. The zero-order valence-electron chi connectivity index (χ0n) is 13.6. The number of nitrogen functional groups attached to an aromatic ring is 1. The van der Waals surface area contributed by atoms with Gasteiger partial charge in [0, 0.05) is 24.3 Å². The number of nitrogens with two attached hydrogens (primary N) is 1. The monoisotopic (exact) mass is 338 g/mol. The fourth-order valence-electron chi connectivity index (χ4n) is 3.01. The van der Waals surface area contributed by atoms with Crippen molar-refractivity contribution in [3.63, 3.8) is 0 Å². The normalized spacial score (nSPS) is 23.2. The van der Waals surface area contributed by atoms with E-state index >= 15 is 0 Å². The molecule has 5 nitrogen and oxygen atoms in total. The maximum absolute atomic E-state index is 14.0. The summed E-state index contributed by atoms with van der Waals surface area (Å²) in [4.78, 5) is 14.0. The summed E-state index contributed by atoms with van der Waals surface area (Å²) in [6.07, 6.45) is 1.39. The van der Waals surface area contributed by atoms with E-state index in [2.05, 4.69) is 0 Å². The maximum atomic E-state index is 14.0. The third-order valence-electron chi connectivity index (χ3n) is 4.19. The van der Waals surface area contributed by atoms with Crippen molar-refractivity contribution in [3.05, 3.63) is 35.4 Å². The lowest BCUT2D eigenvalue weighted by molar-refractivity contribution is -0.159. The van der Waals surface area contributed by atoms with Crippen molar-refractivity contribution in [1.29, 1.82) is 0 Å². The predicted molar refractivity (Wildman–Crippen MR) is 84.8 cm³/mol. The van der Waals surface area contributed by atoms with E-state index in [0.29, 0.717) is 18.5 Å². The van der Waals surface area contributed by atoms with Gasteiger partial charge < -0.3 is 20.1 Å². The Labute approximate surface area is 139 Å². The number of anilines is 1. The zero-order chi connectivity index (χ0) is 17.5. The molecule has 2 N–H and O–H groups in total. The smallest absolute Gasteiger partial charge is 0.254 e. The molecule has 1 aromatic carbocycles. The molecule has 130 valence electrons. The van der Waals surface area contributed by atoms with Crippen LogP contribution in [0.4, 0.5) is 14.5 Å². The van der Waals surface area contributed by atoms with Crippen LogP contribution in [-0.2, 0) is 14.3 Å². The van der Waals surface area contributed by atoms with E-state index in [4.69, 9.17) is 15.2 Å². The summed E-state index contributed by atoms with van der Waals surface area (Å²) in [6.45, 7) is 4.36. The molecular formula is C17H20F2N2O3. The first-order chi connectivity index (χ1) is 11.3. The molecule has 0 aliphatic carbocycles. The molecule has 3 rings (SSSR count). The number of hydrogen-bond donors (Lipinski definition) is 1. The van der Waals surface area contributed by atoms with Crippen molar-refractivity contribution >= 4 is 17.2 Å². The van der Waals surface area contributed by atoms with E-state index in [0.717, 1.165) is 12.1 Å². The van der Waals surface area contributed by atoms with Gasteiger partial charge in [-0.05, 0) is 38.0 Å². The minimum absolute atomic E-state index is 0.0444. The highest BCUT2D eigenvalue weighted by atomic mass is 19.1. The standard InChI is InChI=1S/C17H20F2N2O3/c1-17(2)23-9-14(24-17)16(22)21-5-3-10(4-6-21)15-12(18)7-11(20)8-13(15)19/h3,7-8,14H,4-6,9,20H2,1-2H3. The number of amides is 1. The van der Waals surface area contributed by atoms with E-state index in [-0.39, 0.29) is 30.3 Å². The molecule has 0 bridgehead atoms. The lowest BCUT2D eigenvalue weighted by Crippen LogP contribution is -2.43. The number of halogens is 2. The van der Waals surface area contributed by atoms with Crippen molar-refractivity contribution in [2.75, 3.05) is 25.4 Å². The molecule has 0 saturated carbocycles. The van der Waals surface area contributed by atoms with Gasteiger partial charge in [-0.1, -0.05) is 6.08 Å². The van der Waals surface area contributed by atoms with Gasteiger partial charge in [-0.25, -0.2) is 8.78 Å². The highest BCUT2D eigenvalue weighted by Gasteiger charge is 2.39. The SMILES string of the molecule is CC1(C)OCC(C(=O)N2CC=C(c3c(F)cc(N)cc3F)CC2)O1. The number of nitrogens with zero attached hydrogens (tertiary/aromatic N) is 1. The topological polar surface area (TPSA) is 64.8 Å². The van der Waals surface area contributed by atoms with Crippen LogP contribution >= 0.6 is 0 Å². The molecule has 1 atom stereocenters. The van der Waals surface area contributed by atoms with Gasteiger partial charge in [-0.3, -0.25) is 4.79 Å². The van der Waals surface area contributed by atoms with Crippen molar-refractivity contribution in [2.24, 2.45) is 0 Å². The Hall–Kier alpha value is -1.99. The predicted octanol–water partition coefficient (Wildman–Crippen LogP) is 2.31. The molecule has 2 aliphatic rings. The molecule has 0 aromatic heterocycles. The fourth-order valence-corrected chi connectivity index (χ4v) is 3.01. The second kappa shape index (κ2) is 6.14. The molecule has 2 aliphatic heterocycles. The largest absolute Gasteiger partial charge is 0.399 e. The van der Waals surface area contributed by atoms with Crippen LogP contribution in [-0.4, -0.2) is 42.4 Å². The molecule has 0 spiro atoms. The fraction of sp³-hybridized carbons (Fsp3) is 0.471. The highest BCUT2D eigenvalue weighted by molar-refractivity contribution is 5.83. The molecule has 1 amide bonds. The van der Waals surface area contributed by atoms with Crippen molar-refractivity contribution in [1.82, 2.24) is 4.90 Å². The Morgan fingerprint density at radius 1 is 1.33 bits per heavy atom. The average molecular weight is 338 g/mol. The van der Waals surface area contributed by atoms with Gasteiger partial charge in [0.25, 0.3) is 5.91 Å². The molecule has 24 heavy (non-hydrogen) atoms. The zero-order valence-corrected chi connectivity index (χ0v) is 13.6. The minimum atomic E-state index is -0.770. The lowest BCUT2D eigenvalue weighted by atomic mass is 9.97. The summed E-state index contributed by atoms with van der Waals surface area (Å²) >= 11 is 0. The number of hydrogen-bond acceptors (Lipinski definition) is 4. The molecule has 2 heterocycles. The minimum Gasteiger partial charge on any atom is -0.399 e. The van der Waals surface area contributed by atoms with Crippen LogP contribution in [0, 0.1) is 11.6 Å². The number of benzene rings is 1. The Kier molecular flexibility index (Phi) is 4.31. The highest BCUT2D eigenvalue weighted by Crippen LogP contribution is 2.30. The molecule has 0 radical (unpaired) electrons. The van der Waals surface area contributed by atoms with E-state index in [1.807, 2.05) is 0 Å². The Morgan fingerprint density at radius 2 is 2.00 bits per heavy atom.